The summed E-state index contributed by atoms with van der Waals surface area (Å²) >= 11 is 5.25. The van der Waals surface area contributed by atoms with Crippen molar-refractivity contribution in [3.8, 4) is 5.75 Å². The number of carbonyl (C=O) groups excluding carboxylic acids is 1. The summed E-state index contributed by atoms with van der Waals surface area (Å²) in [6.07, 6.45) is 4.94. The molecule has 144 valence electrons. The number of benzene rings is 2. The molecule has 1 amide bonds. The second kappa shape index (κ2) is 9.80. The Hall–Kier alpha value is -2.99. The van der Waals surface area contributed by atoms with Crippen LogP contribution in [0.4, 0.5) is 5.69 Å². The Morgan fingerprint density at radius 2 is 1.89 bits per heavy atom. The van der Waals surface area contributed by atoms with E-state index >= 15 is 0 Å². The number of fused-ring (bicyclic) bond motifs is 1. The molecule has 0 saturated carbocycles. The molecule has 0 aliphatic rings. The van der Waals surface area contributed by atoms with E-state index in [1.165, 1.54) is 12.8 Å². The van der Waals surface area contributed by atoms with Gasteiger partial charge in [0.1, 0.15) is 5.75 Å². The summed E-state index contributed by atoms with van der Waals surface area (Å²) < 4.78 is 5.69. The Balaban J connectivity index is 1.53. The molecule has 0 saturated heterocycles. The Kier molecular flexibility index (Phi) is 6.92. The van der Waals surface area contributed by atoms with Crippen LogP contribution in [0, 0.1) is 0 Å². The number of anilines is 1. The average molecular weight is 394 g/mol. The van der Waals surface area contributed by atoms with Gasteiger partial charge in [-0.05, 0) is 55.0 Å². The fraction of sp³-hybridized carbons (Fsp3) is 0.227. The molecule has 5 nitrogen and oxygen atoms in total. The van der Waals surface area contributed by atoms with Gasteiger partial charge in [-0.15, -0.1) is 0 Å². The SMILES string of the molecule is CCCCCOc1ccc(NC(=S)NC(=O)c2cnc3ccccc3c2)cc1. The first kappa shape index (κ1) is 19.8. The monoisotopic (exact) mass is 393 g/mol. The highest BCUT2D eigenvalue weighted by Gasteiger charge is 2.09. The molecule has 0 spiro atoms. The van der Waals surface area contributed by atoms with Gasteiger partial charge in [0.2, 0.25) is 0 Å². The molecule has 0 unspecified atom stereocenters. The molecule has 0 aliphatic carbocycles. The standard InChI is InChI=1S/C22H23N3O2S/c1-2-3-6-13-27-19-11-9-18(10-12-19)24-22(28)25-21(26)17-14-16-7-4-5-8-20(16)23-15-17/h4-5,7-12,14-15H,2-3,6,13H2,1H3,(H2,24,25,26,28). The fourth-order valence-electron chi connectivity index (χ4n) is 2.71. The quantitative estimate of drug-likeness (QED) is 0.440. The zero-order chi connectivity index (χ0) is 19.8. The lowest BCUT2D eigenvalue weighted by Crippen LogP contribution is -2.34. The molecule has 1 aromatic heterocycles. The maximum atomic E-state index is 12.4. The van der Waals surface area contributed by atoms with E-state index in [2.05, 4.69) is 22.5 Å². The van der Waals surface area contributed by atoms with E-state index < -0.39 is 0 Å². The van der Waals surface area contributed by atoms with Gasteiger partial charge in [-0.2, -0.15) is 0 Å². The number of nitrogens with zero attached hydrogens (tertiary/aromatic N) is 1. The zero-order valence-electron chi connectivity index (χ0n) is 15.8. The number of ether oxygens (including phenoxy) is 1. The summed E-state index contributed by atoms with van der Waals surface area (Å²) in [5.74, 6) is 0.519. The van der Waals surface area contributed by atoms with Crippen molar-refractivity contribution in [3.05, 3.63) is 66.4 Å². The Labute approximate surface area is 170 Å². The Morgan fingerprint density at radius 1 is 1.11 bits per heavy atom. The van der Waals surface area contributed by atoms with Gasteiger partial charge in [0, 0.05) is 17.3 Å². The van der Waals surface area contributed by atoms with Gasteiger partial charge in [0.15, 0.2) is 5.11 Å². The van der Waals surface area contributed by atoms with Crippen LogP contribution in [0.15, 0.2) is 60.8 Å². The first-order chi connectivity index (χ1) is 13.7. The molecule has 2 N–H and O–H groups in total. The van der Waals surface area contributed by atoms with Crippen LogP contribution < -0.4 is 15.4 Å². The number of hydrogen-bond donors (Lipinski definition) is 2. The minimum Gasteiger partial charge on any atom is -0.494 e. The third-order valence-corrected chi connectivity index (χ3v) is 4.41. The Bertz CT molecular complexity index is 957. The molecule has 2 aromatic carbocycles. The molecule has 0 bridgehead atoms. The molecular weight excluding hydrogens is 370 g/mol. The minimum absolute atomic E-state index is 0.231. The van der Waals surface area contributed by atoms with Gasteiger partial charge in [0.25, 0.3) is 5.91 Å². The highest BCUT2D eigenvalue weighted by Crippen LogP contribution is 2.16. The van der Waals surface area contributed by atoms with Gasteiger partial charge in [-0.1, -0.05) is 38.0 Å². The lowest BCUT2D eigenvalue weighted by atomic mass is 10.1. The van der Waals surface area contributed by atoms with Crippen molar-refractivity contribution in [2.45, 2.75) is 26.2 Å². The van der Waals surface area contributed by atoms with E-state index in [1.54, 1.807) is 12.3 Å². The van der Waals surface area contributed by atoms with E-state index in [0.717, 1.165) is 35.4 Å². The van der Waals surface area contributed by atoms with Gasteiger partial charge in [-0.3, -0.25) is 15.1 Å². The second-order valence-corrected chi connectivity index (χ2v) is 6.81. The highest BCUT2D eigenvalue weighted by atomic mass is 32.1. The molecule has 1 heterocycles. The van der Waals surface area contributed by atoms with E-state index in [4.69, 9.17) is 17.0 Å². The minimum atomic E-state index is -0.299. The van der Waals surface area contributed by atoms with Crippen molar-refractivity contribution in [1.29, 1.82) is 0 Å². The molecule has 28 heavy (non-hydrogen) atoms. The smallest absolute Gasteiger partial charge is 0.258 e. The van der Waals surface area contributed by atoms with Crippen LogP contribution in [-0.2, 0) is 0 Å². The summed E-state index contributed by atoms with van der Waals surface area (Å²) in [5, 5.41) is 6.83. The van der Waals surface area contributed by atoms with E-state index in [1.807, 2.05) is 48.5 Å². The fourth-order valence-corrected chi connectivity index (χ4v) is 2.92. The molecular formula is C22H23N3O2S. The summed E-state index contributed by atoms with van der Waals surface area (Å²) in [6, 6.07) is 16.9. The molecule has 6 heteroatoms. The third kappa shape index (κ3) is 5.50. The molecule has 3 aromatic rings. The summed E-state index contributed by atoms with van der Waals surface area (Å²) in [5.41, 5.74) is 2.08. The van der Waals surface area contributed by atoms with Gasteiger partial charge in [0.05, 0.1) is 17.7 Å². The molecule has 0 radical (unpaired) electrons. The van der Waals surface area contributed by atoms with Crippen molar-refractivity contribution in [1.82, 2.24) is 10.3 Å². The zero-order valence-corrected chi connectivity index (χ0v) is 16.6. The lowest BCUT2D eigenvalue weighted by Gasteiger charge is -2.11. The number of amides is 1. The van der Waals surface area contributed by atoms with Gasteiger partial charge < -0.3 is 10.1 Å². The van der Waals surface area contributed by atoms with E-state index in [-0.39, 0.29) is 11.0 Å². The second-order valence-electron chi connectivity index (χ2n) is 6.40. The predicted octanol–water partition coefficient (Wildman–Crippen LogP) is 4.93. The van der Waals surface area contributed by atoms with Crippen LogP contribution in [-0.4, -0.2) is 22.6 Å². The van der Waals surface area contributed by atoms with Crippen LogP contribution in [0.2, 0.25) is 0 Å². The summed E-state index contributed by atoms with van der Waals surface area (Å²) in [4.78, 5) is 16.7. The van der Waals surface area contributed by atoms with Crippen molar-refractivity contribution >= 4 is 39.8 Å². The number of aromatic nitrogens is 1. The number of unbranched alkanes of at least 4 members (excludes halogenated alkanes) is 2. The molecule has 0 aliphatic heterocycles. The lowest BCUT2D eigenvalue weighted by molar-refractivity contribution is 0.0977. The molecule has 0 atom stereocenters. The third-order valence-electron chi connectivity index (χ3n) is 4.21. The van der Waals surface area contributed by atoms with Crippen LogP contribution in [0.3, 0.4) is 0 Å². The van der Waals surface area contributed by atoms with Crippen molar-refractivity contribution in [2.24, 2.45) is 0 Å². The normalized spacial score (nSPS) is 10.5. The summed E-state index contributed by atoms with van der Waals surface area (Å²) in [6.45, 7) is 2.88. The topological polar surface area (TPSA) is 63.2 Å². The number of pyridine rings is 1. The Morgan fingerprint density at radius 3 is 2.68 bits per heavy atom. The maximum absolute atomic E-state index is 12.4. The number of thiocarbonyl (C=S) groups is 1. The first-order valence-electron chi connectivity index (χ1n) is 9.35. The first-order valence-corrected chi connectivity index (χ1v) is 9.76. The number of rotatable bonds is 7. The van der Waals surface area contributed by atoms with E-state index in [0.29, 0.717) is 5.56 Å². The van der Waals surface area contributed by atoms with Gasteiger partial charge >= 0.3 is 0 Å². The van der Waals surface area contributed by atoms with E-state index in [9.17, 15) is 4.79 Å². The van der Waals surface area contributed by atoms with Crippen molar-refractivity contribution in [3.63, 3.8) is 0 Å². The van der Waals surface area contributed by atoms with Crippen LogP contribution in [0.1, 0.15) is 36.5 Å². The van der Waals surface area contributed by atoms with Crippen molar-refractivity contribution in [2.75, 3.05) is 11.9 Å². The van der Waals surface area contributed by atoms with Crippen LogP contribution in [0.5, 0.6) is 5.75 Å². The molecule has 3 rings (SSSR count). The largest absolute Gasteiger partial charge is 0.494 e. The van der Waals surface area contributed by atoms with Gasteiger partial charge in [-0.25, -0.2) is 0 Å². The van der Waals surface area contributed by atoms with Crippen LogP contribution in [0.25, 0.3) is 10.9 Å². The molecule has 0 fully saturated rings. The summed E-state index contributed by atoms with van der Waals surface area (Å²) in [7, 11) is 0. The number of carbonyl (C=O) groups is 1. The van der Waals surface area contributed by atoms with Crippen LogP contribution >= 0.6 is 12.2 Å². The highest BCUT2D eigenvalue weighted by molar-refractivity contribution is 7.80. The van der Waals surface area contributed by atoms with Crippen molar-refractivity contribution < 1.29 is 9.53 Å². The average Bonchev–Trinajstić information content (AvgIpc) is 2.72. The number of hydrogen-bond acceptors (Lipinski definition) is 4. The maximum Gasteiger partial charge on any atom is 0.258 e. The number of nitrogens with one attached hydrogen (secondary N) is 2. The predicted molar refractivity (Wildman–Crippen MR) is 117 cm³/mol. The number of para-hydroxylation sites is 1.